The maximum atomic E-state index is 10.9. The van der Waals surface area contributed by atoms with Crippen LogP contribution in [0.2, 0.25) is 0 Å². The Morgan fingerprint density at radius 3 is 2.89 bits per heavy atom. The number of benzene rings is 1. The lowest BCUT2D eigenvalue weighted by atomic mass is 10.1. The molecule has 0 unspecified atom stereocenters. The molecule has 6 nitrogen and oxygen atoms in total. The second kappa shape index (κ2) is 5.05. The van der Waals surface area contributed by atoms with E-state index in [0.717, 1.165) is 0 Å². The van der Waals surface area contributed by atoms with Crippen LogP contribution in [0.5, 0.6) is 5.75 Å². The average molecular weight is 269 g/mol. The Morgan fingerprint density at radius 1 is 1.56 bits per heavy atom. The van der Waals surface area contributed by atoms with E-state index < -0.39 is 4.92 Å². The normalized spacial score (nSPS) is 10.3. The van der Waals surface area contributed by atoms with Gasteiger partial charge in [-0.3, -0.25) is 10.1 Å². The van der Waals surface area contributed by atoms with E-state index in [1.807, 2.05) is 0 Å². The summed E-state index contributed by atoms with van der Waals surface area (Å²) in [5.41, 5.74) is 0.837. The number of ether oxygens (including phenoxy) is 1. The molecule has 0 amide bonds. The number of hydrogen-bond acceptors (Lipinski definition) is 5. The summed E-state index contributed by atoms with van der Waals surface area (Å²) < 4.78 is 10.3. The van der Waals surface area contributed by atoms with Crippen LogP contribution >= 0.6 is 11.6 Å². The standard InChI is InChI=1S/C11H9ClN2O4/c1-17-10-8(3-2-4-9(10)14(15)16)11-13-7(5-12)6-18-11/h2-4,6H,5H2,1H3. The molecular formula is C11H9ClN2O4. The second-order valence-corrected chi connectivity index (χ2v) is 3.66. The van der Waals surface area contributed by atoms with Crippen LogP contribution in [0.1, 0.15) is 5.69 Å². The molecule has 1 aromatic heterocycles. The molecule has 0 atom stereocenters. The summed E-state index contributed by atoms with van der Waals surface area (Å²) >= 11 is 5.62. The van der Waals surface area contributed by atoms with Gasteiger partial charge in [0.25, 0.3) is 0 Å². The molecule has 0 N–H and O–H groups in total. The van der Waals surface area contributed by atoms with Crippen molar-refractivity contribution in [1.29, 1.82) is 0 Å². The minimum atomic E-state index is -0.520. The first kappa shape index (κ1) is 12.4. The van der Waals surface area contributed by atoms with Gasteiger partial charge in [0.05, 0.1) is 29.2 Å². The quantitative estimate of drug-likeness (QED) is 0.484. The molecule has 0 saturated carbocycles. The van der Waals surface area contributed by atoms with Crippen molar-refractivity contribution in [2.45, 2.75) is 5.88 Å². The first-order chi connectivity index (χ1) is 8.67. The third kappa shape index (κ3) is 2.14. The summed E-state index contributed by atoms with van der Waals surface area (Å²) in [6.45, 7) is 0. The van der Waals surface area contributed by atoms with Gasteiger partial charge in [0.15, 0.2) is 0 Å². The molecule has 7 heteroatoms. The minimum Gasteiger partial charge on any atom is -0.490 e. The van der Waals surface area contributed by atoms with Crippen molar-refractivity contribution in [3.63, 3.8) is 0 Å². The van der Waals surface area contributed by atoms with Crippen LogP contribution in [0.4, 0.5) is 5.69 Å². The van der Waals surface area contributed by atoms with E-state index in [9.17, 15) is 10.1 Å². The van der Waals surface area contributed by atoms with Gasteiger partial charge in [-0.1, -0.05) is 6.07 Å². The highest BCUT2D eigenvalue weighted by Gasteiger charge is 2.21. The summed E-state index contributed by atoms with van der Waals surface area (Å²) in [4.78, 5) is 14.5. The number of methoxy groups -OCH3 is 1. The van der Waals surface area contributed by atoms with Crippen molar-refractivity contribution >= 4 is 17.3 Å². The van der Waals surface area contributed by atoms with Crippen molar-refractivity contribution < 1.29 is 14.1 Å². The average Bonchev–Trinajstić information content (AvgIpc) is 2.86. The fraction of sp³-hybridized carbons (Fsp3) is 0.182. The van der Waals surface area contributed by atoms with E-state index in [2.05, 4.69) is 4.98 Å². The highest BCUT2D eigenvalue weighted by atomic mass is 35.5. The first-order valence-electron chi connectivity index (χ1n) is 4.99. The Bertz CT molecular complexity index is 582. The molecule has 2 rings (SSSR count). The molecule has 1 heterocycles. The number of oxazole rings is 1. The number of nitrogens with zero attached hydrogens (tertiary/aromatic N) is 2. The van der Waals surface area contributed by atoms with Gasteiger partial charge in [0.2, 0.25) is 11.6 Å². The predicted molar refractivity (Wildman–Crippen MR) is 64.7 cm³/mol. The second-order valence-electron chi connectivity index (χ2n) is 3.39. The largest absolute Gasteiger partial charge is 0.490 e. The fourth-order valence-corrected chi connectivity index (χ4v) is 1.67. The zero-order valence-electron chi connectivity index (χ0n) is 9.42. The number of alkyl halides is 1. The van der Waals surface area contributed by atoms with Gasteiger partial charge in [-0.15, -0.1) is 11.6 Å². The van der Waals surface area contributed by atoms with E-state index in [-0.39, 0.29) is 23.2 Å². The molecule has 1 aromatic carbocycles. The van der Waals surface area contributed by atoms with Crippen LogP contribution in [0.25, 0.3) is 11.5 Å². The lowest BCUT2D eigenvalue weighted by molar-refractivity contribution is -0.385. The maximum Gasteiger partial charge on any atom is 0.311 e. The summed E-state index contributed by atoms with van der Waals surface area (Å²) in [6.07, 6.45) is 1.40. The number of nitro groups is 1. The third-order valence-electron chi connectivity index (χ3n) is 2.31. The summed E-state index contributed by atoms with van der Waals surface area (Å²) in [5.74, 6) is 0.567. The highest BCUT2D eigenvalue weighted by Crippen LogP contribution is 2.37. The maximum absolute atomic E-state index is 10.9. The molecular weight excluding hydrogens is 260 g/mol. The molecule has 0 radical (unpaired) electrons. The molecule has 0 aliphatic rings. The van der Waals surface area contributed by atoms with Crippen LogP contribution in [0.15, 0.2) is 28.9 Å². The Balaban J connectivity index is 2.56. The van der Waals surface area contributed by atoms with Crippen LogP contribution in [-0.2, 0) is 5.88 Å². The van der Waals surface area contributed by atoms with Crippen molar-refractivity contribution in [2.75, 3.05) is 7.11 Å². The van der Waals surface area contributed by atoms with Crippen LogP contribution < -0.4 is 4.74 Å². The number of aromatic nitrogens is 1. The fourth-order valence-electron chi connectivity index (χ4n) is 1.54. The smallest absolute Gasteiger partial charge is 0.311 e. The first-order valence-corrected chi connectivity index (χ1v) is 5.53. The monoisotopic (exact) mass is 268 g/mol. The van der Waals surface area contributed by atoms with Crippen molar-refractivity contribution in [1.82, 2.24) is 4.98 Å². The van der Waals surface area contributed by atoms with E-state index in [1.165, 1.54) is 19.4 Å². The Kier molecular flexibility index (Phi) is 3.47. The summed E-state index contributed by atoms with van der Waals surface area (Å²) in [6, 6.07) is 4.53. The van der Waals surface area contributed by atoms with Gasteiger partial charge in [-0.05, 0) is 6.07 Å². The lowest BCUT2D eigenvalue weighted by Crippen LogP contribution is -1.96. The topological polar surface area (TPSA) is 78.4 Å². The lowest BCUT2D eigenvalue weighted by Gasteiger charge is -2.05. The van der Waals surface area contributed by atoms with Gasteiger partial charge < -0.3 is 9.15 Å². The number of para-hydroxylation sites is 1. The van der Waals surface area contributed by atoms with E-state index in [0.29, 0.717) is 11.3 Å². The molecule has 0 aliphatic heterocycles. The Labute approximate surface area is 107 Å². The Morgan fingerprint density at radius 2 is 2.33 bits per heavy atom. The van der Waals surface area contributed by atoms with Crippen LogP contribution in [0, 0.1) is 10.1 Å². The number of hydrogen-bond donors (Lipinski definition) is 0. The van der Waals surface area contributed by atoms with E-state index >= 15 is 0 Å². The van der Waals surface area contributed by atoms with Gasteiger partial charge in [-0.2, -0.15) is 0 Å². The molecule has 0 aliphatic carbocycles. The summed E-state index contributed by atoms with van der Waals surface area (Å²) in [7, 11) is 1.36. The van der Waals surface area contributed by atoms with Gasteiger partial charge in [0, 0.05) is 6.07 Å². The number of rotatable bonds is 4. The van der Waals surface area contributed by atoms with E-state index in [4.69, 9.17) is 20.8 Å². The number of nitro benzene ring substituents is 1. The number of halogens is 1. The zero-order valence-corrected chi connectivity index (χ0v) is 10.2. The molecule has 0 spiro atoms. The Hall–Kier alpha value is -2.08. The van der Waals surface area contributed by atoms with Crippen molar-refractivity contribution in [2.24, 2.45) is 0 Å². The summed E-state index contributed by atoms with van der Waals surface area (Å²) in [5, 5.41) is 10.9. The highest BCUT2D eigenvalue weighted by molar-refractivity contribution is 6.16. The van der Waals surface area contributed by atoms with Gasteiger partial charge in [-0.25, -0.2) is 4.98 Å². The predicted octanol–water partition coefficient (Wildman–Crippen LogP) is 3.00. The molecule has 18 heavy (non-hydrogen) atoms. The van der Waals surface area contributed by atoms with Gasteiger partial charge in [0.1, 0.15) is 6.26 Å². The zero-order chi connectivity index (χ0) is 13.1. The SMILES string of the molecule is COc1c(-c2nc(CCl)co2)cccc1[N+](=O)[O-]. The minimum absolute atomic E-state index is 0.116. The molecule has 2 aromatic rings. The van der Waals surface area contributed by atoms with Crippen LogP contribution in [0.3, 0.4) is 0 Å². The third-order valence-corrected chi connectivity index (χ3v) is 2.59. The molecule has 0 saturated heterocycles. The van der Waals surface area contributed by atoms with Crippen LogP contribution in [-0.4, -0.2) is 17.0 Å². The van der Waals surface area contributed by atoms with Gasteiger partial charge >= 0.3 is 5.69 Å². The molecule has 0 fully saturated rings. The molecule has 94 valence electrons. The molecule has 0 bridgehead atoms. The van der Waals surface area contributed by atoms with E-state index in [1.54, 1.807) is 12.1 Å². The van der Waals surface area contributed by atoms with Crippen molar-refractivity contribution in [3.8, 4) is 17.2 Å². The van der Waals surface area contributed by atoms with Crippen molar-refractivity contribution in [3.05, 3.63) is 40.3 Å².